The second kappa shape index (κ2) is 56.0. The van der Waals surface area contributed by atoms with Gasteiger partial charge in [-0.3, -0.25) is 8.78 Å². The van der Waals surface area contributed by atoms with Crippen molar-refractivity contribution < 1.29 is 45.3 Å². The maximum absolute atomic E-state index is 13.3. The standard InChI is InChI=1S/C13H20N2.C9H20N2.C8H15FN2.C8H18N2.C7H14F2N2.2C7H15FN2.C7H14N2.C7H16N2.C6H12F2N2.C6H13FN2.C6H13NO2/c1-15-8-7-13(10-14,11-15)9-12-5-3-2-4-6-12;1-4-10-8(2)9-5-6-11(3)7-9;1-11-4-6(7(9)5-11)8(10)2-3-8;1-7(5-9)8-3-4-10(2)6-8;1-5(10)6-3-11(2)4-7(6,8)9;1-10-4-6(2-8)7(3-9)5-10;1-5(9)6-3-10(2)4-7(6)8;1-9-3-2-7(5-9)4-6(7)8;1-9-4-2-7(6-8)3-5-9;1-10-3-5(2-9)6(7,8)4-10;1-9-3-5(2-7)6(8)4-9;1-7-2-5(4-8)6(9)3-7/h2-6H,7-11,14H2,1H3;8-10H,4-7H2,1-3H3;6-7H,2-5,10H2,1H3;7-8H,3-6,9H2,1-2H3;5-6H,3-4,10H2,1-2H3;6-7H,2-5,9H2,1H3;5-7H,3-4,9H2,1-2H3;6H,2-5,8H2,1H3;7H,2-6,8H2,1H3;5H,2-4,9H2,1H3;5-6H,2-4,8H2,1H3;5-6,8-9H,2-4H2,1H3. The fraction of sp³-hybridized carbons (Fsp3) is 0.934. The maximum Gasteiger partial charge on any atom is 0.265 e. The first-order valence-corrected chi connectivity index (χ1v) is 47.0. The van der Waals surface area contributed by atoms with E-state index in [9.17, 15) is 35.1 Å². The van der Waals surface area contributed by atoms with Crippen molar-refractivity contribution in [3.05, 3.63) is 35.9 Å². The van der Waals surface area contributed by atoms with E-state index in [1.165, 1.54) is 109 Å². The van der Waals surface area contributed by atoms with Crippen LogP contribution in [0.2, 0.25) is 0 Å². The van der Waals surface area contributed by atoms with E-state index in [1.807, 2.05) is 56.9 Å². The Balaban J connectivity index is 0.000000285. The predicted octanol–water partition coefficient (Wildman–Crippen LogP) is 3.43. The third-order valence-corrected chi connectivity index (χ3v) is 28.9. The first-order valence-electron chi connectivity index (χ1n) is 47.0. The van der Waals surface area contributed by atoms with Crippen LogP contribution in [-0.4, -0.2) is 436 Å². The van der Waals surface area contributed by atoms with Crippen LogP contribution >= 0.6 is 0 Å². The van der Waals surface area contributed by atoms with E-state index < -0.39 is 42.1 Å². The van der Waals surface area contributed by atoms with Crippen molar-refractivity contribution in [1.82, 2.24) is 64.1 Å². The third-order valence-electron chi connectivity index (χ3n) is 28.9. The van der Waals surface area contributed by atoms with Gasteiger partial charge in [-0.1, -0.05) is 44.2 Å². The molecule has 124 heavy (non-hydrogen) atoms. The van der Waals surface area contributed by atoms with Crippen molar-refractivity contribution in [3.8, 4) is 0 Å². The van der Waals surface area contributed by atoms with Gasteiger partial charge < -0.3 is 132 Å². The van der Waals surface area contributed by atoms with Gasteiger partial charge in [-0.05, 0) is 277 Å². The lowest BCUT2D eigenvalue weighted by atomic mass is 9.81. The molecule has 14 aliphatic rings. The molecule has 25 nitrogen and oxygen atoms in total. The average Bonchev–Trinajstić information content (AvgIpc) is 1.60. The number of nitrogens with zero attached hydrogens (tertiary/aromatic N) is 12. The van der Waals surface area contributed by atoms with Crippen LogP contribution in [0.25, 0.3) is 0 Å². The molecule has 0 aromatic heterocycles. The first kappa shape index (κ1) is 114. The van der Waals surface area contributed by atoms with Gasteiger partial charge in [0.2, 0.25) is 0 Å². The molecule has 33 heteroatoms. The minimum absolute atomic E-state index is 0.0139. The second-order valence-electron chi connectivity index (χ2n) is 41.0. The van der Waals surface area contributed by atoms with Crippen molar-refractivity contribution in [2.45, 2.75) is 165 Å². The predicted molar refractivity (Wildman–Crippen MR) is 497 cm³/mol. The van der Waals surface area contributed by atoms with E-state index in [2.05, 4.69) is 126 Å². The lowest BCUT2D eigenvalue weighted by Crippen LogP contribution is -2.39. The van der Waals surface area contributed by atoms with Crippen molar-refractivity contribution in [3.63, 3.8) is 0 Å². The lowest BCUT2D eigenvalue weighted by Gasteiger charge is -2.27. The highest BCUT2D eigenvalue weighted by Crippen LogP contribution is 2.51. The molecular weight excluding hydrogens is 1600 g/mol. The first-order chi connectivity index (χ1) is 58.2. The highest BCUT2D eigenvalue weighted by Gasteiger charge is 2.55. The Kier molecular flexibility index (Phi) is 51.5. The molecule has 12 saturated heterocycles. The largest absolute Gasteiger partial charge is 0.396 e. The van der Waals surface area contributed by atoms with Gasteiger partial charge in [0.15, 0.2) is 0 Å². The normalized spacial score (nSPS) is 34.7. The number of aliphatic hydroxyl groups excluding tert-OH is 2. The van der Waals surface area contributed by atoms with E-state index in [0.29, 0.717) is 74.0 Å². The molecule has 14 fully saturated rings. The molecule has 1 aromatic rings. The summed E-state index contributed by atoms with van der Waals surface area (Å²) in [6.45, 7) is 34.9. The van der Waals surface area contributed by atoms with E-state index in [4.69, 9.17) is 67.5 Å². The molecule has 732 valence electrons. The Morgan fingerprint density at radius 3 is 1.32 bits per heavy atom. The number of halogens is 8. The molecule has 21 unspecified atom stereocenters. The van der Waals surface area contributed by atoms with Gasteiger partial charge in [0.05, 0.1) is 38.5 Å². The van der Waals surface area contributed by atoms with Crippen LogP contribution in [0.1, 0.15) is 98.0 Å². The second-order valence-corrected chi connectivity index (χ2v) is 41.0. The molecule has 21 atom stereocenters. The minimum Gasteiger partial charge on any atom is -0.396 e. The molecule has 15 rings (SSSR count). The molecule has 12 aliphatic heterocycles. The highest BCUT2D eigenvalue weighted by molar-refractivity contribution is 5.18. The number of alkyl halides is 8. The number of hydrogen-bond donors (Lipinski definition) is 13. The van der Waals surface area contributed by atoms with Crippen LogP contribution in [0, 0.1) is 81.8 Å². The van der Waals surface area contributed by atoms with Gasteiger partial charge in [0.1, 0.15) is 12.3 Å². The molecule has 1 aromatic carbocycles. The van der Waals surface area contributed by atoms with Gasteiger partial charge in [0.25, 0.3) is 11.8 Å². The van der Waals surface area contributed by atoms with Crippen molar-refractivity contribution in [2.75, 3.05) is 301 Å². The Labute approximate surface area is 746 Å². The van der Waals surface area contributed by atoms with Crippen LogP contribution in [0.5, 0.6) is 0 Å². The summed E-state index contributed by atoms with van der Waals surface area (Å²) in [6, 6.07) is 11.5. The molecule has 2 aliphatic carbocycles. The third kappa shape index (κ3) is 39.4. The van der Waals surface area contributed by atoms with Crippen LogP contribution in [0.4, 0.5) is 35.1 Å². The van der Waals surface area contributed by atoms with Gasteiger partial charge in [0, 0.05) is 200 Å². The number of benzene rings is 1. The Morgan fingerprint density at radius 1 is 0.492 bits per heavy atom. The summed E-state index contributed by atoms with van der Waals surface area (Å²) in [6.07, 6.45) is 10.6. The van der Waals surface area contributed by atoms with Crippen LogP contribution in [0.15, 0.2) is 30.3 Å². The summed E-state index contributed by atoms with van der Waals surface area (Å²) in [4.78, 5) is 25.4. The van der Waals surface area contributed by atoms with Gasteiger partial charge in [-0.15, -0.1) is 0 Å². The molecule has 0 bridgehead atoms. The zero-order valence-corrected chi connectivity index (χ0v) is 80.4. The Bertz CT molecular complexity index is 2900. The molecule has 23 N–H and O–H groups in total. The van der Waals surface area contributed by atoms with Crippen LogP contribution in [0.3, 0.4) is 0 Å². The maximum atomic E-state index is 13.3. The molecule has 2 saturated carbocycles. The van der Waals surface area contributed by atoms with Crippen LogP contribution < -0.4 is 62.7 Å². The molecule has 12 heterocycles. The summed E-state index contributed by atoms with van der Waals surface area (Å²) in [5, 5.41) is 21.3. The van der Waals surface area contributed by atoms with Gasteiger partial charge >= 0.3 is 0 Å². The smallest absolute Gasteiger partial charge is 0.265 e. The summed E-state index contributed by atoms with van der Waals surface area (Å²) in [5.74, 6) is -2.34. The Hall–Kier alpha value is -2.34. The van der Waals surface area contributed by atoms with Crippen molar-refractivity contribution >= 4 is 0 Å². The number of piperidine rings is 1. The number of rotatable bonds is 17. The molecular formula is C91H185F8N23O2. The van der Waals surface area contributed by atoms with Gasteiger partial charge in [-0.2, -0.15) is 0 Å². The van der Waals surface area contributed by atoms with Crippen molar-refractivity contribution in [2.24, 2.45) is 139 Å². The summed E-state index contributed by atoms with van der Waals surface area (Å²) in [5.41, 5.74) is 58.2. The average molecular weight is 1790 g/mol. The molecule has 0 amide bonds. The van der Waals surface area contributed by atoms with Gasteiger partial charge in [-0.25, -0.2) is 26.3 Å². The topological polar surface area (TPSA) is 352 Å². The quantitative estimate of drug-likeness (QED) is 0.0994. The van der Waals surface area contributed by atoms with E-state index >= 15 is 0 Å². The number of nitrogens with two attached hydrogens (primary N) is 10. The number of nitrogens with one attached hydrogen (secondary N) is 1. The lowest BCUT2D eigenvalue weighted by molar-refractivity contribution is -0.0319. The fourth-order valence-corrected chi connectivity index (χ4v) is 19.8. The zero-order valence-electron chi connectivity index (χ0n) is 80.4. The SMILES string of the molecule is CC(CN)C1CCN(C)C1.CC(N)C1CN(C)CC1(F)F.CC(N)C1CN(C)CC1F.CCNC(C)C1CCN(C)C1.CN1CC(CN)C(CF)C1.CN1CC(CN)C(F)(F)C1.CN1CC(F)C(C2(N)CC2)C1.CN1CC(N)C(CF)C1.CN1CC(O)C(CO)C1.CN1CCC(CN)(Cc2ccccc2)C1.CN1CCC(CN)CC1.CN1CCC2(CC2N)C1. The highest BCUT2D eigenvalue weighted by atomic mass is 19.3. The number of β-amino-alcohol motifs (C(OH)–C–C–N with tert-alkyl or cyclic N) is 1. The minimum atomic E-state index is -2.59. The summed E-state index contributed by atoms with van der Waals surface area (Å²) in [7, 11) is 24.1. The monoisotopic (exact) mass is 1780 g/mol. The summed E-state index contributed by atoms with van der Waals surface area (Å²) < 4.78 is 102. The van der Waals surface area contributed by atoms with E-state index in [1.54, 1.807) is 30.8 Å². The van der Waals surface area contributed by atoms with Crippen LogP contribution in [-0.2, 0) is 6.42 Å². The summed E-state index contributed by atoms with van der Waals surface area (Å²) >= 11 is 0. The molecule has 1 spiro atoms. The zero-order chi connectivity index (χ0) is 93.2. The van der Waals surface area contributed by atoms with E-state index in [0.717, 1.165) is 116 Å². The number of likely N-dealkylation sites (N-methyl/N-ethyl adjacent to an activating group) is 2. The number of hydrogen-bond acceptors (Lipinski definition) is 25. The number of aliphatic hydroxyl groups is 2. The molecule has 0 radical (unpaired) electrons. The Morgan fingerprint density at radius 2 is 1.00 bits per heavy atom. The number of likely N-dealkylation sites (tertiary alicyclic amines) is 12. The van der Waals surface area contributed by atoms with E-state index in [-0.39, 0.29) is 92.9 Å². The fourth-order valence-electron chi connectivity index (χ4n) is 19.8. The van der Waals surface area contributed by atoms with Crippen molar-refractivity contribution in [1.29, 1.82) is 0 Å².